The molecule has 108 valence electrons. The number of primary amides is 1. The number of likely N-dealkylation sites (tertiary alicyclic amines) is 1. The molecule has 0 saturated carbocycles. The Morgan fingerprint density at radius 1 is 1.25 bits per heavy atom. The van der Waals surface area contributed by atoms with E-state index < -0.39 is 0 Å². The molecular formula is C15H21N3O2. The standard InChI is InChI=1S/C15H21N3O2/c1-11(19)12-2-4-13(5-3-12)17-14-6-8-18(9-7-14)10-15(16)20/h2-5,14,17H,6-10H2,1H3,(H2,16,20). The van der Waals surface area contributed by atoms with Gasteiger partial charge in [-0.3, -0.25) is 14.5 Å². The maximum absolute atomic E-state index is 11.2. The number of carbonyl (C=O) groups is 2. The Labute approximate surface area is 119 Å². The predicted molar refractivity (Wildman–Crippen MR) is 78.7 cm³/mol. The van der Waals surface area contributed by atoms with Crippen LogP contribution in [-0.2, 0) is 4.79 Å². The second kappa shape index (κ2) is 6.52. The van der Waals surface area contributed by atoms with Crippen molar-refractivity contribution in [2.75, 3.05) is 25.0 Å². The lowest BCUT2D eigenvalue weighted by molar-refractivity contribution is -0.119. The molecule has 1 aliphatic heterocycles. The summed E-state index contributed by atoms with van der Waals surface area (Å²) in [4.78, 5) is 24.2. The van der Waals surface area contributed by atoms with Crippen LogP contribution in [0.25, 0.3) is 0 Å². The normalized spacial score (nSPS) is 16.9. The topological polar surface area (TPSA) is 75.4 Å². The Morgan fingerprint density at radius 2 is 1.85 bits per heavy atom. The van der Waals surface area contributed by atoms with E-state index in [-0.39, 0.29) is 11.7 Å². The molecule has 2 rings (SSSR count). The number of nitrogens with zero attached hydrogens (tertiary/aromatic N) is 1. The molecular weight excluding hydrogens is 254 g/mol. The van der Waals surface area contributed by atoms with E-state index in [0.29, 0.717) is 12.6 Å². The second-order valence-corrected chi connectivity index (χ2v) is 5.29. The largest absolute Gasteiger partial charge is 0.382 e. The van der Waals surface area contributed by atoms with E-state index in [0.717, 1.165) is 37.2 Å². The molecule has 5 heteroatoms. The zero-order valence-electron chi connectivity index (χ0n) is 11.8. The molecule has 1 aromatic rings. The van der Waals surface area contributed by atoms with Crippen molar-refractivity contribution in [1.29, 1.82) is 0 Å². The number of rotatable bonds is 5. The smallest absolute Gasteiger partial charge is 0.231 e. The number of anilines is 1. The van der Waals surface area contributed by atoms with Gasteiger partial charge in [0.1, 0.15) is 0 Å². The summed E-state index contributed by atoms with van der Waals surface area (Å²) in [7, 11) is 0. The minimum Gasteiger partial charge on any atom is -0.382 e. The third kappa shape index (κ3) is 4.06. The van der Waals surface area contributed by atoms with E-state index in [2.05, 4.69) is 10.2 Å². The van der Waals surface area contributed by atoms with Gasteiger partial charge in [0.25, 0.3) is 0 Å². The maximum Gasteiger partial charge on any atom is 0.231 e. The highest BCUT2D eigenvalue weighted by molar-refractivity contribution is 5.94. The summed E-state index contributed by atoms with van der Waals surface area (Å²) >= 11 is 0. The summed E-state index contributed by atoms with van der Waals surface area (Å²) < 4.78 is 0. The first-order chi connectivity index (χ1) is 9.54. The first-order valence-electron chi connectivity index (χ1n) is 6.93. The summed E-state index contributed by atoms with van der Waals surface area (Å²) in [5.74, 6) is -0.187. The van der Waals surface area contributed by atoms with Crippen LogP contribution >= 0.6 is 0 Å². The second-order valence-electron chi connectivity index (χ2n) is 5.29. The Hall–Kier alpha value is -1.88. The van der Waals surface area contributed by atoms with Crippen LogP contribution in [0, 0.1) is 0 Å². The minimum absolute atomic E-state index is 0.0799. The zero-order valence-corrected chi connectivity index (χ0v) is 11.8. The highest BCUT2D eigenvalue weighted by Crippen LogP contribution is 2.17. The number of Topliss-reactive ketones (excluding diaryl/α,β-unsaturated/α-hetero) is 1. The molecule has 3 N–H and O–H groups in total. The van der Waals surface area contributed by atoms with Crippen molar-refractivity contribution in [3.05, 3.63) is 29.8 Å². The van der Waals surface area contributed by atoms with E-state index in [4.69, 9.17) is 5.73 Å². The lowest BCUT2D eigenvalue weighted by atomic mass is 10.0. The zero-order chi connectivity index (χ0) is 14.5. The molecule has 1 fully saturated rings. The molecule has 0 unspecified atom stereocenters. The van der Waals surface area contributed by atoms with Gasteiger partial charge in [-0.2, -0.15) is 0 Å². The Balaban J connectivity index is 1.83. The van der Waals surface area contributed by atoms with E-state index in [1.54, 1.807) is 6.92 Å². The molecule has 0 aromatic heterocycles. The molecule has 0 aliphatic carbocycles. The van der Waals surface area contributed by atoms with Crippen LogP contribution in [0.3, 0.4) is 0 Å². The van der Waals surface area contributed by atoms with Crippen molar-refractivity contribution >= 4 is 17.4 Å². The van der Waals surface area contributed by atoms with Gasteiger partial charge in [0, 0.05) is 30.4 Å². The van der Waals surface area contributed by atoms with Gasteiger partial charge in [-0.1, -0.05) is 0 Å². The molecule has 0 bridgehead atoms. The molecule has 1 heterocycles. The van der Waals surface area contributed by atoms with Gasteiger partial charge in [0.15, 0.2) is 5.78 Å². The molecule has 20 heavy (non-hydrogen) atoms. The number of nitrogens with one attached hydrogen (secondary N) is 1. The molecule has 0 atom stereocenters. The Morgan fingerprint density at radius 3 is 2.35 bits per heavy atom. The minimum atomic E-state index is -0.267. The number of benzene rings is 1. The van der Waals surface area contributed by atoms with Crippen LogP contribution in [-0.4, -0.2) is 42.3 Å². The number of hydrogen-bond acceptors (Lipinski definition) is 4. The summed E-state index contributed by atoms with van der Waals surface area (Å²) in [6, 6.07) is 7.96. The molecule has 1 aliphatic rings. The molecule has 1 saturated heterocycles. The first-order valence-corrected chi connectivity index (χ1v) is 6.93. The molecule has 5 nitrogen and oxygen atoms in total. The summed E-state index contributed by atoms with van der Waals surface area (Å²) in [5.41, 5.74) is 6.96. The number of carbonyl (C=O) groups excluding carboxylic acids is 2. The number of piperidine rings is 1. The Kier molecular flexibility index (Phi) is 4.74. The van der Waals surface area contributed by atoms with Crippen molar-refractivity contribution in [2.24, 2.45) is 5.73 Å². The molecule has 0 radical (unpaired) electrons. The number of hydrogen-bond donors (Lipinski definition) is 2. The summed E-state index contributed by atoms with van der Waals surface area (Å²) in [6.07, 6.45) is 1.98. The SMILES string of the molecule is CC(=O)c1ccc(NC2CCN(CC(N)=O)CC2)cc1. The third-order valence-electron chi connectivity index (χ3n) is 3.63. The van der Waals surface area contributed by atoms with Crippen molar-refractivity contribution < 1.29 is 9.59 Å². The fourth-order valence-electron chi connectivity index (χ4n) is 2.49. The van der Waals surface area contributed by atoms with Crippen molar-refractivity contribution in [1.82, 2.24) is 4.90 Å². The summed E-state index contributed by atoms with van der Waals surface area (Å²) in [6.45, 7) is 3.68. The summed E-state index contributed by atoms with van der Waals surface area (Å²) in [5, 5.41) is 3.47. The van der Waals surface area contributed by atoms with Crippen LogP contribution in [0.4, 0.5) is 5.69 Å². The van der Waals surface area contributed by atoms with Gasteiger partial charge < -0.3 is 11.1 Å². The quantitative estimate of drug-likeness (QED) is 0.793. The highest BCUT2D eigenvalue weighted by atomic mass is 16.1. The van der Waals surface area contributed by atoms with Crippen LogP contribution in [0.15, 0.2) is 24.3 Å². The van der Waals surface area contributed by atoms with Gasteiger partial charge in [-0.05, 0) is 44.0 Å². The lowest BCUT2D eigenvalue weighted by Gasteiger charge is -2.32. The van der Waals surface area contributed by atoms with Crippen LogP contribution in [0.1, 0.15) is 30.1 Å². The van der Waals surface area contributed by atoms with E-state index in [1.807, 2.05) is 24.3 Å². The molecule has 0 spiro atoms. The fourth-order valence-corrected chi connectivity index (χ4v) is 2.49. The van der Waals surface area contributed by atoms with Crippen LogP contribution in [0.5, 0.6) is 0 Å². The van der Waals surface area contributed by atoms with Gasteiger partial charge in [0.05, 0.1) is 6.54 Å². The molecule has 1 aromatic carbocycles. The number of ketones is 1. The molecule has 1 amide bonds. The van der Waals surface area contributed by atoms with Gasteiger partial charge in [-0.25, -0.2) is 0 Å². The van der Waals surface area contributed by atoms with Gasteiger partial charge in [-0.15, -0.1) is 0 Å². The first kappa shape index (κ1) is 14.5. The van der Waals surface area contributed by atoms with E-state index >= 15 is 0 Å². The average molecular weight is 275 g/mol. The average Bonchev–Trinajstić information content (AvgIpc) is 2.41. The van der Waals surface area contributed by atoms with Crippen molar-refractivity contribution in [3.8, 4) is 0 Å². The van der Waals surface area contributed by atoms with Gasteiger partial charge >= 0.3 is 0 Å². The third-order valence-corrected chi connectivity index (χ3v) is 3.63. The van der Waals surface area contributed by atoms with Crippen molar-refractivity contribution in [2.45, 2.75) is 25.8 Å². The van der Waals surface area contributed by atoms with Crippen LogP contribution < -0.4 is 11.1 Å². The predicted octanol–water partition coefficient (Wildman–Crippen LogP) is 1.25. The van der Waals surface area contributed by atoms with Crippen molar-refractivity contribution in [3.63, 3.8) is 0 Å². The number of nitrogens with two attached hydrogens (primary N) is 1. The Bertz CT molecular complexity index is 476. The van der Waals surface area contributed by atoms with Crippen LogP contribution in [0.2, 0.25) is 0 Å². The monoisotopic (exact) mass is 275 g/mol. The fraction of sp³-hybridized carbons (Fsp3) is 0.467. The lowest BCUT2D eigenvalue weighted by Crippen LogP contribution is -2.42. The number of amides is 1. The van der Waals surface area contributed by atoms with E-state index in [1.165, 1.54) is 0 Å². The van der Waals surface area contributed by atoms with Gasteiger partial charge in [0.2, 0.25) is 5.91 Å². The maximum atomic E-state index is 11.2. The van der Waals surface area contributed by atoms with E-state index in [9.17, 15) is 9.59 Å². The highest BCUT2D eigenvalue weighted by Gasteiger charge is 2.19.